The van der Waals surface area contributed by atoms with Gasteiger partial charge in [-0.2, -0.15) is 5.26 Å². The normalized spacial score (nSPS) is 18.1. The van der Waals surface area contributed by atoms with E-state index in [1.165, 1.54) is 6.42 Å². The molecule has 0 N–H and O–H groups in total. The fourth-order valence-electron chi connectivity index (χ4n) is 2.47. The first kappa shape index (κ1) is 13.2. The fourth-order valence-corrected chi connectivity index (χ4v) is 2.74. The van der Waals surface area contributed by atoms with Crippen molar-refractivity contribution in [3.63, 3.8) is 0 Å². The summed E-state index contributed by atoms with van der Waals surface area (Å²) in [6, 6.07) is 7.57. The Hall–Kier alpha value is -1.24. The maximum atomic E-state index is 9.47. The van der Waals surface area contributed by atoms with Gasteiger partial charge in [0.1, 0.15) is 11.8 Å². The van der Waals surface area contributed by atoms with E-state index in [2.05, 4.69) is 11.0 Å². The molecule has 96 valence electrons. The zero-order valence-corrected chi connectivity index (χ0v) is 11.3. The van der Waals surface area contributed by atoms with Crippen LogP contribution in [0.5, 0.6) is 5.75 Å². The van der Waals surface area contributed by atoms with Crippen LogP contribution in [0.15, 0.2) is 18.2 Å². The van der Waals surface area contributed by atoms with E-state index in [0.717, 1.165) is 31.5 Å². The molecule has 0 spiro atoms. The Labute approximate surface area is 113 Å². The molecule has 0 aromatic heterocycles. The summed E-state index contributed by atoms with van der Waals surface area (Å²) in [4.78, 5) is 2.19. The van der Waals surface area contributed by atoms with Crippen LogP contribution in [0.1, 0.15) is 30.9 Å². The number of benzene rings is 1. The topological polar surface area (TPSA) is 36.3 Å². The van der Waals surface area contributed by atoms with E-state index < -0.39 is 0 Å². The first-order valence-electron chi connectivity index (χ1n) is 6.24. The Bertz CT molecular complexity index is 450. The molecule has 3 nitrogen and oxygen atoms in total. The highest BCUT2D eigenvalue weighted by Gasteiger charge is 2.26. The van der Waals surface area contributed by atoms with E-state index in [0.29, 0.717) is 10.8 Å². The van der Waals surface area contributed by atoms with Crippen molar-refractivity contribution in [2.45, 2.75) is 25.3 Å². The second-order valence-corrected chi connectivity index (χ2v) is 4.89. The lowest BCUT2D eigenvalue weighted by atomic mass is 10.0. The molecular formula is C14H17ClN2O. The van der Waals surface area contributed by atoms with Gasteiger partial charge in [-0.05, 0) is 38.1 Å². The van der Waals surface area contributed by atoms with Crippen LogP contribution in [0.4, 0.5) is 0 Å². The molecule has 1 unspecified atom stereocenters. The molecule has 0 amide bonds. The number of nitriles is 1. The van der Waals surface area contributed by atoms with Gasteiger partial charge in [0.05, 0.1) is 18.2 Å². The van der Waals surface area contributed by atoms with Crippen LogP contribution in [-0.2, 0) is 0 Å². The van der Waals surface area contributed by atoms with Crippen molar-refractivity contribution >= 4 is 11.6 Å². The molecule has 4 heteroatoms. The van der Waals surface area contributed by atoms with E-state index in [1.54, 1.807) is 7.11 Å². The minimum absolute atomic E-state index is 0.311. The molecule has 1 fully saturated rings. The van der Waals surface area contributed by atoms with Crippen LogP contribution >= 0.6 is 11.6 Å². The van der Waals surface area contributed by atoms with E-state index in [-0.39, 0.29) is 6.04 Å². The van der Waals surface area contributed by atoms with Crippen LogP contribution in [0.3, 0.4) is 0 Å². The average Bonchev–Trinajstić information content (AvgIpc) is 2.42. The number of hydrogen-bond acceptors (Lipinski definition) is 3. The summed E-state index contributed by atoms with van der Waals surface area (Å²) >= 11 is 6.24. The van der Waals surface area contributed by atoms with Gasteiger partial charge in [0.15, 0.2) is 0 Å². The second kappa shape index (κ2) is 6.08. The molecule has 0 saturated carbocycles. The number of hydrogen-bond donors (Lipinski definition) is 0. The summed E-state index contributed by atoms with van der Waals surface area (Å²) in [5, 5.41) is 10.1. The molecule has 18 heavy (non-hydrogen) atoms. The summed E-state index contributed by atoms with van der Waals surface area (Å²) in [5.74, 6) is 0.694. The van der Waals surface area contributed by atoms with Crippen molar-refractivity contribution in [1.82, 2.24) is 4.90 Å². The largest absolute Gasteiger partial charge is 0.496 e. The Kier molecular flexibility index (Phi) is 4.46. The molecule has 0 bridgehead atoms. The van der Waals surface area contributed by atoms with Gasteiger partial charge in [-0.25, -0.2) is 0 Å². The SMILES string of the molecule is COc1cccc(Cl)c1C(C#N)N1CCCCC1. The maximum absolute atomic E-state index is 9.47. The first-order chi connectivity index (χ1) is 8.77. The molecule has 0 radical (unpaired) electrons. The maximum Gasteiger partial charge on any atom is 0.128 e. The number of nitrogens with zero attached hydrogens (tertiary/aromatic N) is 2. The van der Waals surface area contributed by atoms with Crippen molar-refractivity contribution < 1.29 is 4.74 Å². The van der Waals surface area contributed by atoms with Crippen molar-refractivity contribution in [3.05, 3.63) is 28.8 Å². The quantitative estimate of drug-likeness (QED) is 0.840. The summed E-state index contributed by atoms with van der Waals surface area (Å²) in [6.45, 7) is 1.90. The van der Waals surface area contributed by atoms with Gasteiger partial charge in [-0.3, -0.25) is 4.90 Å². The molecule has 1 aliphatic heterocycles. The minimum atomic E-state index is -0.311. The lowest BCUT2D eigenvalue weighted by Crippen LogP contribution is -2.33. The molecule has 2 rings (SSSR count). The molecule has 1 saturated heterocycles. The molecule has 1 aromatic carbocycles. The minimum Gasteiger partial charge on any atom is -0.496 e. The second-order valence-electron chi connectivity index (χ2n) is 4.48. The number of methoxy groups -OCH3 is 1. The van der Waals surface area contributed by atoms with Gasteiger partial charge in [-0.1, -0.05) is 24.1 Å². The highest BCUT2D eigenvalue weighted by atomic mass is 35.5. The van der Waals surface area contributed by atoms with Gasteiger partial charge in [-0.15, -0.1) is 0 Å². The summed E-state index contributed by atoms with van der Waals surface area (Å²) in [5.41, 5.74) is 0.797. The fraction of sp³-hybridized carbons (Fsp3) is 0.500. The predicted octanol–water partition coefficient (Wildman–Crippen LogP) is 3.40. The Morgan fingerprint density at radius 1 is 1.33 bits per heavy atom. The van der Waals surface area contributed by atoms with Gasteiger partial charge in [0, 0.05) is 5.56 Å². The molecule has 1 aromatic rings. The summed E-state index contributed by atoms with van der Waals surface area (Å²) in [6.07, 6.45) is 3.53. The zero-order chi connectivity index (χ0) is 13.0. The van der Waals surface area contributed by atoms with Crippen molar-refractivity contribution in [2.24, 2.45) is 0 Å². The standard InChI is InChI=1S/C14H17ClN2O/c1-18-13-7-5-6-11(15)14(13)12(10-16)17-8-3-2-4-9-17/h5-7,12H,2-4,8-9H2,1H3. The van der Waals surface area contributed by atoms with Gasteiger partial charge in [0.2, 0.25) is 0 Å². The zero-order valence-electron chi connectivity index (χ0n) is 10.5. The molecule has 1 atom stereocenters. The summed E-state index contributed by atoms with van der Waals surface area (Å²) < 4.78 is 5.34. The van der Waals surface area contributed by atoms with Crippen molar-refractivity contribution in [2.75, 3.05) is 20.2 Å². The monoisotopic (exact) mass is 264 g/mol. The average molecular weight is 265 g/mol. The van der Waals surface area contributed by atoms with Crippen LogP contribution in [-0.4, -0.2) is 25.1 Å². The third-order valence-corrected chi connectivity index (χ3v) is 3.71. The smallest absolute Gasteiger partial charge is 0.128 e. The Balaban J connectivity index is 2.35. The van der Waals surface area contributed by atoms with E-state index in [1.807, 2.05) is 18.2 Å². The Morgan fingerprint density at radius 2 is 2.06 bits per heavy atom. The number of ether oxygens (including phenoxy) is 1. The number of likely N-dealkylation sites (tertiary alicyclic amines) is 1. The first-order valence-corrected chi connectivity index (χ1v) is 6.61. The molecule has 0 aliphatic carbocycles. The lowest BCUT2D eigenvalue weighted by Gasteiger charge is -2.31. The van der Waals surface area contributed by atoms with Gasteiger partial charge < -0.3 is 4.74 Å². The van der Waals surface area contributed by atoms with E-state index in [4.69, 9.17) is 16.3 Å². The van der Waals surface area contributed by atoms with E-state index >= 15 is 0 Å². The van der Waals surface area contributed by atoms with Crippen LogP contribution in [0.25, 0.3) is 0 Å². The van der Waals surface area contributed by atoms with Crippen LogP contribution in [0.2, 0.25) is 5.02 Å². The number of halogens is 1. The number of piperidine rings is 1. The summed E-state index contributed by atoms with van der Waals surface area (Å²) in [7, 11) is 1.61. The van der Waals surface area contributed by atoms with Crippen LogP contribution in [0, 0.1) is 11.3 Å². The van der Waals surface area contributed by atoms with Gasteiger partial charge >= 0.3 is 0 Å². The highest BCUT2D eigenvalue weighted by Crippen LogP contribution is 2.36. The van der Waals surface area contributed by atoms with Crippen molar-refractivity contribution in [1.29, 1.82) is 5.26 Å². The highest BCUT2D eigenvalue weighted by molar-refractivity contribution is 6.31. The molecular weight excluding hydrogens is 248 g/mol. The van der Waals surface area contributed by atoms with E-state index in [9.17, 15) is 5.26 Å². The van der Waals surface area contributed by atoms with Gasteiger partial charge in [0.25, 0.3) is 0 Å². The molecule has 1 aliphatic rings. The third kappa shape index (κ3) is 2.60. The predicted molar refractivity (Wildman–Crippen MR) is 71.8 cm³/mol. The Morgan fingerprint density at radius 3 is 2.67 bits per heavy atom. The lowest BCUT2D eigenvalue weighted by molar-refractivity contribution is 0.193. The third-order valence-electron chi connectivity index (χ3n) is 3.38. The van der Waals surface area contributed by atoms with Crippen LogP contribution < -0.4 is 4.74 Å². The number of rotatable bonds is 3. The van der Waals surface area contributed by atoms with Crippen molar-refractivity contribution in [3.8, 4) is 11.8 Å². The molecule has 1 heterocycles.